The maximum atomic E-state index is 13.1. The lowest BCUT2D eigenvalue weighted by atomic mass is 9.92. The predicted octanol–water partition coefficient (Wildman–Crippen LogP) is 6.07. The molecule has 1 aliphatic rings. The molecule has 0 aliphatic heterocycles. The molecule has 0 atom stereocenters. The fourth-order valence-corrected chi connectivity index (χ4v) is 5.16. The number of hydrogen-bond acceptors (Lipinski definition) is 3. The Bertz CT molecular complexity index is 1320. The Kier molecular flexibility index (Phi) is 5.75. The van der Waals surface area contributed by atoms with E-state index in [0.29, 0.717) is 22.3 Å². The number of halogens is 6. The van der Waals surface area contributed by atoms with Crippen molar-refractivity contribution >= 4 is 21.1 Å². The van der Waals surface area contributed by atoms with E-state index < -0.39 is 33.5 Å². The highest BCUT2D eigenvalue weighted by Gasteiger charge is 2.49. The highest BCUT2D eigenvalue weighted by molar-refractivity contribution is 7.89. The van der Waals surface area contributed by atoms with Crippen LogP contribution in [0.5, 0.6) is 0 Å². The van der Waals surface area contributed by atoms with E-state index in [-0.39, 0.29) is 10.9 Å². The molecule has 1 saturated carbocycles. The van der Waals surface area contributed by atoms with Gasteiger partial charge in [0, 0.05) is 17.6 Å². The van der Waals surface area contributed by atoms with Crippen LogP contribution in [-0.2, 0) is 16.2 Å². The van der Waals surface area contributed by atoms with Crippen LogP contribution >= 0.6 is 0 Å². The minimum absolute atomic E-state index is 0.0365. The van der Waals surface area contributed by atoms with Gasteiger partial charge in [-0.1, -0.05) is 12.1 Å². The Morgan fingerprint density at radius 3 is 2.12 bits per heavy atom. The van der Waals surface area contributed by atoms with Gasteiger partial charge in [-0.15, -0.1) is 0 Å². The van der Waals surface area contributed by atoms with Gasteiger partial charge in [-0.2, -0.15) is 31.1 Å². The second-order valence-electron chi connectivity index (χ2n) is 8.87. The molecule has 184 valence electrons. The van der Waals surface area contributed by atoms with E-state index in [9.17, 15) is 34.8 Å². The van der Waals surface area contributed by atoms with Crippen LogP contribution in [0.4, 0.5) is 26.3 Å². The van der Waals surface area contributed by atoms with Crippen LogP contribution in [0.2, 0.25) is 0 Å². The fourth-order valence-electron chi connectivity index (χ4n) is 3.76. The van der Waals surface area contributed by atoms with Crippen LogP contribution < -0.4 is 4.72 Å². The third kappa shape index (κ3) is 4.40. The Morgan fingerprint density at radius 1 is 1.00 bits per heavy atom. The third-order valence-corrected chi connectivity index (χ3v) is 7.67. The first-order valence-electron chi connectivity index (χ1n) is 10.4. The summed E-state index contributed by atoms with van der Waals surface area (Å²) in [5, 5.41) is 0.294. The molecule has 34 heavy (non-hydrogen) atoms. The molecule has 4 rings (SSSR count). The number of sulfonamides is 1. The molecule has 0 bridgehead atoms. The molecular formula is C22H21F6N3O2S. The van der Waals surface area contributed by atoms with Crippen molar-refractivity contribution in [2.75, 3.05) is 0 Å². The van der Waals surface area contributed by atoms with Gasteiger partial charge in [-0.3, -0.25) is 0 Å². The summed E-state index contributed by atoms with van der Waals surface area (Å²) < 4.78 is 107. The maximum absolute atomic E-state index is 13.1. The lowest BCUT2D eigenvalue weighted by Crippen LogP contribution is -2.54. The smallest absolute Gasteiger partial charge is 0.322 e. The van der Waals surface area contributed by atoms with Crippen molar-refractivity contribution in [2.45, 2.75) is 61.9 Å². The molecule has 2 heterocycles. The van der Waals surface area contributed by atoms with E-state index in [4.69, 9.17) is 0 Å². The number of alkyl halides is 6. The van der Waals surface area contributed by atoms with Crippen molar-refractivity contribution in [3.8, 4) is 11.3 Å². The third-order valence-electron chi connectivity index (χ3n) is 6.00. The van der Waals surface area contributed by atoms with Gasteiger partial charge in [-0.25, -0.2) is 13.4 Å². The Morgan fingerprint density at radius 2 is 1.62 bits per heavy atom. The molecule has 12 heteroatoms. The van der Waals surface area contributed by atoms with Crippen molar-refractivity contribution in [2.24, 2.45) is 0 Å². The second kappa shape index (κ2) is 7.98. The molecule has 3 aromatic rings. The van der Waals surface area contributed by atoms with Crippen LogP contribution in [-0.4, -0.2) is 29.7 Å². The van der Waals surface area contributed by atoms with E-state index in [1.807, 2.05) is 4.57 Å². The van der Waals surface area contributed by atoms with Crippen LogP contribution in [0.1, 0.15) is 44.7 Å². The highest BCUT2D eigenvalue weighted by Crippen LogP contribution is 2.41. The molecule has 1 fully saturated rings. The Balaban J connectivity index is 1.74. The summed E-state index contributed by atoms with van der Waals surface area (Å²) in [5.41, 5.74) is -2.11. The number of nitrogens with one attached hydrogen (secondary N) is 1. The summed E-state index contributed by atoms with van der Waals surface area (Å²) in [7, 11) is -4.48. The first kappa shape index (κ1) is 24.5. The van der Waals surface area contributed by atoms with Gasteiger partial charge in [0.1, 0.15) is 11.2 Å². The molecule has 1 aliphatic carbocycles. The SMILES string of the molecule is CC(C)(NS(=O)(=O)c1ccc(-c2cc3cc(C(F)(F)F)cnc3n2C2CCC2)cc1)C(F)(F)F. The number of benzene rings is 1. The number of aromatic nitrogens is 2. The fraction of sp³-hybridized carbons (Fsp3) is 0.409. The van der Waals surface area contributed by atoms with Crippen molar-refractivity contribution in [3.05, 3.63) is 48.2 Å². The van der Waals surface area contributed by atoms with Gasteiger partial charge >= 0.3 is 12.4 Å². The number of nitrogens with zero attached hydrogens (tertiary/aromatic N) is 2. The van der Waals surface area contributed by atoms with Crippen LogP contribution in [0.3, 0.4) is 0 Å². The van der Waals surface area contributed by atoms with Gasteiger partial charge in [-0.05, 0) is 62.9 Å². The summed E-state index contributed by atoms with van der Waals surface area (Å²) in [6.07, 6.45) is -5.96. The second-order valence-corrected chi connectivity index (χ2v) is 10.6. The van der Waals surface area contributed by atoms with E-state index in [2.05, 4.69) is 4.98 Å². The van der Waals surface area contributed by atoms with Crippen molar-refractivity contribution in [3.63, 3.8) is 0 Å². The standard InChI is InChI=1S/C22H21F6N3O2S/c1-20(2,22(26,27)28)30-34(32,33)17-8-6-13(7-9-17)18-11-14-10-15(21(23,24)25)12-29-19(14)31(18)16-4-3-5-16/h6-12,16,30H,3-5H2,1-2H3. The van der Waals surface area contributed by atoms with Gasteiger partial charge in [0.2, 0.25) is 10.0 Å². The molecule has 2 aromatic heterocycles. The molecule has 1 N–H and O–H groups in total. The van der Waals surface area contributed by atoms with E-state index in [0.717, 1.165) is 45.4 Å². The average molecular weight is 505 g/mol. The first-order chi connectivity index (χ1) is 15.6. The summed E-state index contributed by atoms with van der Waals surface area (Å²) in [6.45, 7) is 1.44. The lowest BCUT2D eigenvalue weighted by molar-refractivity contribution is -0.180. The summed E-state index contributed by atoms with van der Waals surface area (Å²) >= 11 is 0. The minimum Gasteiger partial charge on any atom is -0.322 e. The zero-order valence-corrected chi connectivity index (χ0v) is 18.9. The zero-order chi connectivity index (χ0) is 25.1. The molecule has 0 amide bonds. The molecule has 0 radical (unpaired) electrons. The van der Waals surface area contributed by atoms with Crippen molar-refractivity contribution < 1.29 is 34.8 Å². The number of rotatable bonds is 5. The van der Waals surface area contributed by atoms with E-state index in [1.165, 1.54) is 24.3 Å². The highest BCUT2D eigenvalue weighted by atomic mass is 32.2. The largest absolute Gasteiger partial charge is 0.417 e. The van der Waals surface area contributed by atoms with Gasteiger partial charge in [0.25, 0.3) is 0 Å². The Hall–Kier alpha value is -2.60. The first-order valence-corrected chi connectivity index (χ1v) is 11.9. The van der Waals surface area contributed by atoms with Crippen LogP contribution in [0.15, 0.2) is 47.5 Å². The van der Waals surface area contributed by atoms with Gasteiger partial charge in [0.05, 0.1) is 16.2 Å². The summed E-state index contributed by atoms with van der Waals surface area (Å²) in [4.78, 5) is 3.68. The maximum Gasteiger partial charge on any atom is 0.417 e. The molecule has 0 spiro atoms. The van der Waals surface area contributed by atoms with Crippen LogP contribution in [0.25, 0.3) is 22.3 Å². The number of pyridine rings is 1. The molecule has 1 aromatic carbocycles. The van der Waals surface area contributed by atoms with Crippen molar-refractivity contribution in [1.82, 2.24) is 14.3 Å². The molecular weight excluding hydrogens is 484 g/mol. The lowest BCUT2D eigenvalue weighted by Gasteiger charge is -2.30. The van der Waals surface area contributed by atoms with Gasteiger partial charge in [0.15, 0.2) is 0 Å². The van der Waals surface area contributed by atoms with Crippen LogP contribution in [0, 0.1) is 0 Å². The summed E-state index contributed by atoms with van der Waals surface area (Å²) in [6, 6.07) is 7.79. The average Bonchev–Trinajstić information content (AvgIpc) is 3.03. The topological polar surface area (TPSA) is 64.0 Å². The predicted molar refractivity (Wildman–Crippen MR) is 114 cm³/mol. The van der Waals surface area contributed by atoms with Crippen molar-refractivity contribution in [1.29, 1.82) is 0 Å². The molecule has 0 unspecified atom stereocenters. The zero-order valence-electron chi connectivity index (χ0n) is 18.1. The molecule has 5 nitrogen and oxygen atoms in total. The molecule has 0 saturated heterocycles. The number of fused-ring (bicyclic) bond motifs is 1. The van der Waals surface area contributed by atoms with E-state index >= 15 is 0 Å². The quantitative estimate of drug-likeness (QED) is 0.429. The van der Waals surface area contributed by atoms with E-state index in [1.54, 1.807) is 10.8 Å². The summed E-state index contributed by atoms with van der Waals surface area (Å²) in [5.74, 6) is 0. The normalized spacial score (nSPS) is 16.1. The number of hydrogen-bond donors (Lipinski definition) is 1. The minimum atomic E-state index is -4.80. The Labute approximate surface area is 191 Å². The van der Waals surface area contributed by atoms with Gasteiger partial charge < -0.3 is 4.57 Å². The monoisotopic (exact) mass is 505 g/mol.